The molecule has 0 unspecified atom stereocenters. The molecule has 0 saturated carbocycles. The number of ether oxygens (including phenoxy) is 1. The highest BCUT2D eigenvalue weighted by molar-refractivity contribution is 7.12. The molecule has 1 atom stereocenters. The smallest absolute Gasteiger partial charge is 0.417 e. The lowest BCUT2D eigenvalue weighted by atomic mass is 10.1. The molecule has 1 aromatic carbocycles. The van der Waals surface area contributed by atoms with E-state index in [1.807, 2.05) is 42.6 Å². The minimum atomic E-state index is -0.679. The minimum Gasteiger partial charge on any atom is -0.439 e. The van der Waals surface area contributed by atoms with Crippen LogP contribution in [0.5, 0.6) is 0 Å². The molecular weight excluding hydrogens is 328 g/mol. The molecule has 0 aliphatic carbocycles. The topological polar surface area (TPSA) is 75.7 Å². The first-order chi connectivity index (χ1) is 11.5. The number of aryl methyl sites for hydroxylation is 1. The highest BCUT2D eigenvalue weighted by Crippen LogP contribution is 2.20. The summed E-state index contributed by atoms with van der Waals surface area (Å²) in [6.45, 7) is 1.71. The second kappa shape index (κ2) is 6.84. The van der Waals surface area contributed by atoms with Crippen LogP contribution in [0.25, 0.3) is 0 Å². The molecule has 1 aromatic heterocycles. The molecule has 3 amide bonds. The third-order valence-corrected chi connectivity index (χ3v) is 4.71. The molecule has 0 radical (unpaired) electrons. The van der Waals surface area contributed by atoms with Crippen molar-refractivity contribution in [2.75, 3.05) is 13.2 Å². The van der Waals surface area contributed by atoms with Gasteiger partial charge in [0.15, 0.2) is 6.61 Å². The van der Waals surface area contributed by atoms with Gasteiger partial charge >= 0.3 is 6.09 Å². The van der Waals surface area contributed by atoms with Crippen molar-refractivity contribution in [2.24, 2.45) is 0 Å². The van der Waals surface area contributed by atoms with Crippen molar-refractivity contribution in [1.29, 1.82) is 0 Å². The van der Waals surface area contributed by atoms with Crippen LogP contribution in [0.15, 0.2) is 41.8 Å². The standard InChI is InChI=1S/C17H16N2O4S/c1-11-7-14(24-10-11)16(21)18-13(12-5-3-2-4-6-12)8-19-15(20)9-23-17(19)22/h2-7,10,13H,8-9H2,1H3,(H,18,21)/t13-/m1/s1. The van der Waals surface area contributed by atoms with Gasteiger partial charge < -0.3 is 10.1 Å². The molecule has 1 saturated heterocycles. The van der Waals surface area contributed by atoms with E-state index in [9.17, 15) is 14.4 Å². The Kier molecular flexibility index (Phi) is 4.61. The summed E-state index contributed by atoms with van der Waals surface area (Å²) in [7, 11) is 0. The Morgan fingerprint density at radius 2 is 2.08 bits per heavy atom. The predicted octanol–water partition coefficient (Wildman–Crippen LogP) is 2.51. The van der Waals surface area contributed by atoms with Crippen molar-refractivity contribution in [3.8, 4) is 0 Å². The zero-order valence-corrected chi connectivity index (χ0v) is 13.8. The van der Waals surface area contributed by atoms with Gasteiger partial charge in [0.1, 0.15) is 0 Å². The predicted molar refractivity (Wildman–Crippen MR) is 88.8 cm³/mol. The maximum absolute atomic E-state index is 12.5. The number of amides is 3. The van der Waals surface area contributed by atoms with Gasteiger partial charge in [-0.3, -0.25) is 9.59 Å². The number of carbonyl (C=O) groups excluding carboxylic acids is 3. The molecule has 6 nitrogen and oxygen atoms in total. The van der Waals surface area contributed by atoms with E-state index in [-0.39, 0.29) is 19.1 Å². The number of nitrogens with zero attached hydrogens (tertiary/aromatic N) is 1. The normalized spacial score (nSPS) is 15.3. The third kappa shape index (κ3) is 3.46. The minimum absolute atomic E-state index is 0.0395. The van der Waals surface area contributed by atoms with E-state index in [2.05, 4.69) is 5.32 Å². The quantitative estimate of drug-likeness (QED) is 0.904. The average molecular weight is 344 g/mol. The van der Waals surface area contributed by atoms with Crippen LogP contribution in [0.2, 0.25) is 0 Å². The molecule has 0 bridgehead atoms. The SMILES string of the molecule is Cc1csc(C(=O)N[C@H](CN2C(=O)COC2=O)c2ccccc2)c1. The van der Waals surface area contributed by atoms with Crippen LogP contribution < -0.4 is 5.32 Å². The summed E-state index contributed by atoms with van der Waals surface area (Å²) in [5.74, 6) is -0.635. The monoisotopic (exact) mass is 344 g/mol. The maximum Gasteiger partial charge on any atom is 0.417 e. The van der Waals surface area contributed by atoms with Crippen molar-refractivity contribution in [2.45, 2.75) is 13.0 Å². The number of hydrogen-bond donors (Lipinski definition) is 1. The summed E-state index contributed by atoms with van der Waals surface area (Å²) in [5.41, 5.74) is 1.83. The molecular formula is C17H16N2O4S. The lowest BCUT2D eigenvalue weighted by molar-refractivity contribution is -0.126. The van der Waals surface area contributed by atoms with E-state index in [1.54, 1.807) is 6.07 Å². The number of imide groups is 1. The fourth-order valence-corrected chi connectivity index (χ4v) is 3.24. The molecule has 7 heteroatoms. The Labute approximate surface area is 143 Å². The summed E-state index contributed by atoms with van der Waals surface area (Å²) in [5, 5.41) is 4.80. The average Bonchev–Trinajstić information content (AvgIpc) is 3.15. The summed E-state index contributed by atoms with van der Waals surface area (Å²) in [6, 6.07) is 10.5. The van der Waals surface area contributed by atoms with Crippen molar-refractivity contribution in [1.82, 2.24) is 10.2 Å². The molecule has 2 heterocycles. The number of carbonyl (C=O) groups is 3. The van der Waals surface area contributed by atoms with Crippen LogP contribution >= 0.6 is 11.3 Å². The first-order valence-electron chi connectivity index (χ1n) is 7.42. The fourth-order valence-electron chi connectivity index (χ4n) is 2.44. The Morgan fingerprint density at radius 1 is 1.33 bits per heavy atom. The van der Waals surface area contributed by atoms with E-state index in [0.29, 0.717) is 4.88 Å². The van der Waals surface area contributed by atoms with Gasteiger partial charge in [-0.25, -0.2) is 9.69 Å². The number of rotatable bonds is 5. The molecule has 0 spiro atoms. The lowest BCUT2D eigenvalue weighted by Gasteiger charge is -2.22. The Morgan fingerprint density at radius 3 is 2.67 bits per heavy atom. The Bertz CT molecular complexity index is 756. The summed E-state index contributed by atoms with van der Waals surface area (Å²) in [6.07, 6.45) is -0.679. The van der Waals surface area contributed by atoms with Crippen molar-refractivity contribution < 1.29 is 19.1 Å². The fraction of sp³-hybridized carbons (Fsp3) is 0.235. The number of hydrogen-bond acceptors (Lipinski definition) is 5. The number of nitrogens with one attached hydrogen (secondary N) is 1. The zero-order valence-electron chi connectivity index (χ0n) is 13.0. The van der Waals surface area contributed by atoms with E-state index >= 15 is 0 Å². The second-order valence-electron chi connectivity index (χ2n) is 5.48. The summed E-state index contributed by atoms with van der Waals surface area (Å²) >= 11 is 1.35. The van der Waals surface area contributed by atoms with Gasteiger partial charge in [-0.1, -0.05) is 30.3 Å². The van der Waals surface area contributed by atoms with E-state index in [4.69, 9.17) is 4.74 Å². The van der Waals surface area contributed by atoms with Gasteiger partial charge in [-0.15, -0.1) is 11.3 Å². The molecule has 3 rings (SSSR count). The van der Waals surface area contributed by atoms with Gasteiger partial charge in [-0.05, 0) is 29.5 Å². The molecule has 1 aliphatic rings. The molecule has 1 aliphatic heterocycles. The van der Waals surface area contributed by atoms with Gasteiger partial charge in [-0.2, -0.15) is 0 Å². The highest BCUT2D eigenvalue weighted by atomic mass is 32.1. The van der Waals surface area contributed by atoms with Crippen molar-refractivity contribution in [3.63, 3.8) is 0 Å². The highest BCUT2D eigenvalue weighted by Gasteiger charge is 2.33. The van der Waals surface area contributed by atoms with Crippen LogP contribution in [0.3, 0.4) is 0 Å². The van der Waals surface area contributed by atoms with Crippen LogP contribution in [-0.4, -0.2) is 36.0 Å². The molecule has 2 aromatic rings. The van der Waals surface area contributed by atoms with Crippen LogP contribution in [0.1, 0.15) is 26.8 Å². The number of cyclic esters (lactones) is 1. The molecule has 24 heavy (non-hydrogen) atoms. The number of benzene rings is 1. The van der Waals surface area contributed by atoms with Gasteiger partial charge in [0.2, 0.25) is 0 Å². The zero-order chi connectivity index (χ0) is 17.1. The second-order valence-corrected chi connectivity index (χ2v) is 6.40. The van der Waals surface area contributed by atoms with Gasteiger partial charge in [0, 0.05) is 0 Å². The van der Waals surface area contributed by atoms with E-state index in [1.165, 1.54) is 11.3 Å². The molecule has 124 valence electrons. The third-order valence-electron chi connectivity index (χ3n) is 3.67. The molecule has 1 N–H and O–H groups in total. The lowest BCUT2D eigenvalue weighted by Crippen LogP contribution is -2.40. The van der Waals surface area contributed by atoms with Crippen LogP contribution in [0.4, 0.5) is 4.79 Å². The summed E-state index contributed by atoms with van der Waals surface area (Å²) in [4.78, 5) is 37.5. The summed E-state index contributed by atoms with van der Waals surface area (Å²) < 4.78 is 4.73. The largest absolute Gasteiger partial charge is 0.439 e. The Hall–Kier alpha value is -2.67. The van der Waals surface area contributed by atoms with Crippen molar-refractivity contribution in [3.05, 3.63) is 57.8 Å². The molecule has 1 fully saturated rings. The first-order valence-corrected chi connectivity index (χ1v) is 8.30. The van der Waals surface area contributed by atoms with Crippen LogP contribution in [0, 0.1) is 6.92 Å². The number of thiophene rings is 1. The van der Waals surface area contributed by atoms with E-state index in [0.717, 1.165) is 16.0 Å². The van der Waals surface area contributed by atoms with Gasteiger partial charge in [0.05, 0.1) is 17.5 Å². The first kappa shape index (κ1) is 16.2. The van der Waals surface area contributed by atoms with Gasteiger partial charge in [0.25, 0.3) is 11.8 Å². The van der Waals surface area contributed by atoms with E-state index < -0.39 is 18.0 Å². The van der Waals surface area contributed by atoms with Crippen molar-refractivity contribution >= 4 is 29.2 Å². The Balaban J connectivity index is 1.81. The van der Waals surface area contributed by atoms with Crippen LogP contribution in [-0.2, 0) is 9.53 Å². The maximum atomic E-state index is 12.5.